The van der Waals surface area contributed by atoms with Gasteiger partial charge in [0.25, 0.3) is 0 Å². The highest BCUT2D eigenvalue weighted by Crippen LogP contribution is 1.71. The molecule has 4 heavy (non-hydrogen) atoms. The van der Waals surface area contributed by atoms with E-state index in [-0.39, 0.29) is 0 Å². The van der Waals surface area contributed by atoms with Crippen LogP contribution in [-0.2, 0) is 0 Å². The van der Waals surface area contributed by atoms with Crippen molar-refractivity contribution in [1.82, 2.24) is 0 Å². The molecular formula is ClN2O-. The van der Waals surface area contributed by atoms with Crippen molar-refractivity contribution in [2.24, 2.45) is 9.91 Å². The first-order chi connectivity index (χ1) is 1.91. The summed E-state index contributed by atoms with van der Waals surface area (Å²) >= 11 is 4.33. The summed E-state index contributed by atoms with van der Waals surface area (Å²) in [6.07, 6.45) is 0. The van der Waals surface area contributed by atoms with Crippen molar-refractivity contribution in [3.8, 4) is 0 Å². The van der Waals surface area contributed by atoms with Gasteiger partial charge in [0.05, 0.1) is 11.8 Å². The highest BCUT2D eigenvalue weighted by atomic mass is 35.5. The Kier molecular flexibility index (Phi) is 2.48. The molecule has 0 atom stereocenters. The van der Waals surface area contributed by atoms with Gasteiger partial charge in [0.2, 0.25) is 0 Å². The minimum absolute atomic E-state index is 1.88. The Morgan fingerprint density at radius 2 is 2.00 bits per heavy atom. The minimum Gasteiger partial charge on any atom is -0.774 e. The van der Waals surface area contributed by atoms with E-state index in [9.17, 15) is 0 Å². The Labute approximate surface area is 28.0 Å². The molecule has 0 aromatic carbocycles. The quantitative estimate of drug-likeness (QED) is 0.317. The van der Waals surface area contributed by atoms with Crippen molar-refractivity contribution < 1.29 is 0 Å². The van der Waals surface area contributed by atoms with Crippen molar-refractivity contribution in [2.45, 2.75) is 0 Å². The van der Waals surface area contributed by atoms with E-state index >= 15 is 0 Å². The third-order valence-electron chi connectivity index (χ3n) is 0.0309. The summed E-state index contributed by atoms with van der Waals surface area (Å²) in [6.45, 7) is 0. The van der Waals surface area contributed by atoms with Gasteiger partial charge < -0.3 is 5.21 Å². The second-order valence-electron chi connectivity index (χ2n) is 0.157. The van der Waals surface area contributed by atoms with Crippen LogP contribution in [0.2, 0.25) is 0 Å². The van der Waals surface area contributed by atoms with Gasteiger partial charge in [-0.05, 0) is 0 Å². The van der Waals surface area contributed by atoms with Crippen molar-refractivity contribution in [1.29, 1.82) is 0 Å². The van der Waals surface area contributed by atoms with Crippen LogP contribution < -0.4 is 0 Å². The summed E-state index contributed by atoms with van der Waals surface area (Å²) in [5.74, 6) is 0. The third kappa shape index (κ3) is 1.69. The fourth-order valence-corrected chi connectivity index (χ4v) is 0. The molecule has 0 bridgehead atoms. The molecule has 0 fully saturated rings. The number of hydrogen-bond donors (Lipinski definition) is 0. The SMILES string of the molecule is [O-]N=NCl. The van der Waals surface area contributed by atoms with Gasteiger partial charge >= 0.3 is 0 Å². The Hall–Kier alpha value is -0.310. The van der Waals surface area contributed by atoms with Gasteiger partial charge in [-0.1, -0.05) is 4.63 Å². The molecule has 0 rings (SSSR count). The maximum absolute atomic E-state index is 8.62. The molecule has 0 aromatic rings. The highest BCUT2D eigenvalue weighted by molar-refractivity contribution is 6.13. The van der Waals surface area contributed by atoms with Crippen LogP contribution in [0.15, 0.2) is 9.91 Å². The predicted octanol–water partition coefficient (Wildman–Crippen LogP) is 1.09. The molecule has 0 N–H and O–H groups in total. The van der Waals surface area contributed by atoms with Crippen molar-refractivity contribution in [3.05, 3.63) is 5.21 Å². The third-order valence-corrected chi connectivity index (χ3v) is 0.0926. The molecule has 0 saturated heterocycles. The van der Waals surface area contributed by atoms with Crippen molar-refractivity contribution >= 4 is 11.8 Å². The van der Waals surface area contributed by atoms with Gasteiger partial charge in [-0.3, -0.25) is 0 Å². The molecule has 3 nitrogen and oxygen atoms in total. The van der Waals surface area contributed by atoms with Crippen LogP contribution >= 0.6 is 11.8 Å². The fraction of sp³-hybridized carbons (Fsp3) is 0. The van der Waals surface area contributed by atoms with Gasteiger partial charge in [-0.25, -0.2) is 5.28 Å². The van der Waals surface area contributed by atoms with Gasteiger partial charge in [-0.15, -0.1) is 0 Å². The van der Waals surface area contributed by atoms with E-state index in [4.69, 9.17) is 5.21 Å². The highest BCUT2D eigenvalue weighted by Gasteiger charge is 1.26. The zero-order valence-electron chi connectivity index (χ0n) is 1.68. The Bertz CT molecular complexity index is 21.2. The average molecular weight is 79.5 g/mol. The first-order valence-corrected chi connectivity index (χ1v) is 0.890. The summed E-state index contributed by atoms with van der Waals surface area (Å²) < 4.78 is 2.28. The lowest BCUT2D eigenvalue weighted by atomic mass is 13.1. The first-order valence-electron chi connectivity index (χ1n) is 0.552. The standard InChI is InChI=1S/ClHN2O/c1-2-3-4/h(H,2,4)/p-1. The molecule has 0 unspecified atom stereocenters. The fourth-order valence-electron chi connectivity index (χ4n) is 0. The number of halogens is 1. The molecule has 0 spiro atoms. The van der Waals surface area contributed by atoms with Crippen LogP contribution in [0.25, 0.3) is 0 Å². The molecular weight excluding hydrogens is 79.5 g/mol. The van der Waals surface area contributed by atoms with E-state index < -0.39 is 0 Å². The molecule has 0 saturated carbocycles. The number of rotatable bonds is 0. The lowest BCUT2D eigenvalue weighted by molar-refractivity contribution is 1.35. The maximum Gasteiger partial charge on any atom is 0.0596 e. The molecule has 0 aliphatic rings. The Morgan fingerprint density at radius 3 is 2.00 bits per heavy atom. The zero-order valence-corrected chi connectivity index (χ0v) is 2.44. The summed E-state index contributed by atoms with van der Waals surface area (Å²) in [6, 6.07) is 0. The van der Waals surface area contributed by atoms with Crippen molar-refractivity contribution in [3.63, 3.8) is 0 Å². The Balaban J connectivity index is 2.55. The average Bonchev–Trinajstić information content (AvgIpc) is 1.37. The van der Waals surface area contributed by atoms with E-state index in [1.54, 1.807) is 0 Å². The second-order valence-corrected chi connectivity index (χ2v) is 0.308. The van der Waals surface area contributed by atoms with E-state index in [2.05, 4.69) is 16.4 Å². The molecule has 24 valence electrons. The summed E-state index contributed by atoms with van der Waals surface area (Å²) in [5, 5.41) is 10.5. The maximum atomic E-state index is 8.62. The first kappa shape index (κ1) is 3.69. The topological polar surface area (TPSA) is 47.8 Å². The lowest BCUT2D eigenvalue weighted by Crippen LogP contribution is -1.20. The van der Waals surface area contributed by atoms with Gasteiger partial charge in [0.15, 0.2) is 0 Å². The van der Waals surface area contributed by atoms with Crippen LogP contribution in [0.5, 0.6) is 0 Å². The van der Waals surface area contributed by atoms with E-state index in [1.807, 2.05) is 5.28 Å². The minimum atomic E-state index is 1.88. The van der Waals surface area contributed by atoms with Crippen LogP contribution in [-0.4, -0.2) is 0 Å². The largest absolute Gasteiger partial charge is 0.774 e. The normalized spacial score (nSPS) is 9.25. The van der Waals surface area contributed by atoms with Crippen LogP contribution in [0.1, 0.15) is 0 Å². The van der Waals surface area contributed by atoms with Crippen LogP contribution in [0.3, 0.4) is 0 Å². The molecule has 0 heterocycles. The summed E-state index contributed by atoms with van der Waals surface area (Å²) in [7, 11) is 0. The monoisotopic (exact) mass is 79.0 g/mol. The van der Waals surface area contributed by atoms with E-state index in [0.717, 1.165) is 0 Å². The zero-order chi connectivity index (χ0) is 3.41. The molecule has 0 aliphatic carbocycles. The van der Waals surface area contributed by atoms with Crippen LogP contribution in [0, 0.1) is 5.21 Å². The number of nitrogens with zero attached hydrogens (tertiary/aromatic N) is 2. The van der Waals surface area contributed by atoms with E-state index in [1.165, 1.54) is 0 Å². The molecule has 0 amide bonds. The van der Waals surface area contributed by atoms with Gasteiger partial charge in [0.1, 0.15) is 0 Å². The van der Waals surface area contributed by atoms with E-state index in [0.29, 0.717) is 0 Å². The summed E-state index contributed by atoms with van der Waals surface area (Å²) in [5.41, 5.74) is 0. The molecule has 0 aromatic heterocycles. The van der Waals surface area contributed by atoms with Crippen molar-refractivity contribution in [2.75, 3.05) is 0 Å². The van der Waals surface area contributed by atoms with Gasteiger partial charge in [-0.2, -0.15) is 0 Å². The predicted molar refractivity (Wildman–Crippen MR) is 14.1 cm³/mol. The molecule has 4 heteroatoms. The number of hydrogen-bond acceptors (Lipinski definition) is 3. The van der Waals surface area contributed by atoms with Gasteiger partial charge in [0, 0.05) is 0 Å². The lowest BCUT2D eigenvalue weighted by Gasteiger charge is -1.72. The van der Waals surface area contributed by atoms with Crippen LogP contribution in [0.4, 0.5) is 0 Å². The molecule has 0 radical (unpaired) electrons. The second kappa shape index (κ2) is 2.69. The molecule has 0 aliphatic heterocycles. The summed E-state index contributed by atoms with van der Waals surface area (Å²) in [4.78, 5) is 0. The Morgan fingerprint density at radius 1 is 1.75 bits per heavy atom. The smallest absolute Gasteiger partial charge is 0.0596 e.